The van der Waals surface area contributed by atoms with Crippen LogP contribution in [0.25, 0.3) is 0 Å². The van der Waals surface area contributed by atoms with Crippen LogP contribution in [-0.2, 0) is 16.6 Å². The third-order valence-electron chi connectivity index (χ3n) is 2.79. The molecule has 0 aliphatic carbocycles. The topological polar surface area (TPSA) is 62.6 Å². The normalized spacial score (nSPS) is 12.5. The van der Waals surface area contributed by atoms with Crippen molar-refractivity contribution in [2.24, 2.45) is 0 Å². The lowest BCUT2D eigenvalue weighted by Gasteiger charge is -2.19. The first-order chi connectivity index (χ1) is 8.95. The Bertz CT molecular complexity index is 440. The van der Waals surface area contributed by atoms with Gasteiger partial charge in [0, 0.05) is 12.6 Å². The summed E-state index contributed by atoms with van der Waals surface area (Å²) in [5, 5.41) is 3.22. The summed E-state index contributed by atoms with van der Waals surface area (Å²) >= 11 is 0. The summed E-state index contributed by atoms with van der Waals surface area (Å²) < 4.78 is 31.0. The van der Waals surface area contributed by atoms with Crippen LogP contribution >= 0.6 is 0 Å². The van der Waals surface area contributed by atoms with Crippen LogP contribution in [0.2, 0.25) is 0 Å². The quantitative estimate of drug-likeness (QED) is 0.704. The van der Waals surface area contributed by atoms with Crippen molar-refractivity contribution in [2.45, 2.75) is 39.8 Å². The first-order valence-electron chi connectivity index (χ1n) is 6.69. The Hall–Kier alpha value is -0.850. The molecule has 1 aromatic rings. The molecule has 0 aliphatic heterocycles. The molecule has 0 bridgehead atoms. The first-order valence-corrected chi connectivity index (χ1v) is 8.30. The predicted molar refractivity (Wildman–Crippen MR) is 76.3 cm³/mol. The van der Waals surface area contributed by atoms with E-state index in [9.17, 15) is 8.42 Å². The van der Waals surface area contributed by atoms with Gasteiger partial charge in [0.05, 0.1) is 18.6 Å². The van der Waals surface area contributed by atoms with Gasteiger partial charge in [-0.2, -0.15) is 4.31 Å². The monoisotopic (exact) mass is 288 g/mol. The van der Waals surface area contributed by atoms with Gasteiger partial charge in [-0.05, 0) is 25.1 Å². The summed E-state index contributed by atoms with van der Waals surface area (Å²) in [6.07, 6.45) is 2.18. The van der Waals surface area contributed by atoms with Crippen molar-refractivity contribution in [1.82, 2.24) is 9.62 Å². The summed E-state index contributed by atoms with van der Waals surface area (Å²) in [4.78, 5) is 0. The predicted octanol–water partition coefficient (Wildman–Crippen LogP) is 1.82. The van der Waals surface area contributed by atoms with Crippen LogP contribution in [0, 0.1) is 0 Å². The van der Waals surface area contributed by atoms with E-state index in [1.54, 1.807) is 18.4 Å². The molecule has 0 radical (unpaired) electrons. The Labute approximate surface area is 116 Å². The molecule has 0 aliphatic rings. The number of hydrogen-bond acceptors (Lipinski definition) is 4. The van der Waals surface area contributed by atoms with Gasteiger partial charge in [-0.25, -0.2) is 8.42 Å². The molecule has 0 saturated carbocycles. The van der Waals surface area contributed by atoms with Crippen molar-refractivity contribution < 1.29 is 12.8 Å². The molecule has 1 N–H and O–H groups in total. The van der Waals surface area contributed by atoms with Gasteiger partial charge < -0.3 is 9.73 Å². The van der Waals surface area contributed by atoms with E-state index in [-0.39, 0.29) is 5.75 Å². The highest BCUT2D eigenvalue weighted by molar-refractivity contribution is 7.89. The lowest BCUT2D eigenvalue weighted by Crippen LogP contribution is -2.34. The number of furan rings is 1. The van der Waals surface area contributed by atoms with Crippen molar-refractivity contribution in [3.63, 3.8) is 0 Å². The number of sulfonamides is 1. The van der Waals surface area contributed by atoms with Gasteiger partial charge in [0.15, 0.2) is 0 Å². The Kier molecular flexibility index (Phi) is 6.54. The summed E-state index contributed by atoms with van der Waals surface area (Å²) in [7, 11) is -3.21. The molecule has 110 valence electrons. The van der Waals surface area contributed by atoms with E-state index in [2.05, 4.69) is 5.32 Å². The lowest BCUT2D eigenvalue weighted by molar-refractivity contribution is 0.374. The minimum atomic E-state index is -3.21. The highest BCUT2D eigenvalue weighted by atomic mass is 32.2. The van der Waals surface area contributed by atoms with Crippen molar-refractivity contribution in [2.75, 3.05) is 18.8 Å². The van der Waals surface area contributed by atoms with Crippen LogP contribution in [0.4, 0.5) is 0 Å². The van der Waals surface area contributed by atoms with Crippen LogP contribution in [0.15, 0.2) is 22.8 Å². The number of nitrogens with zero attached hydrogens (tertiary/aromatic N) is 1. The maximum absolute atomic E-state index is 12.2. The minimum Gasteiger partial charge on any atom is -0.468 e. The van der Waals surface area contributed by atoms with Gasteiger partial charge in [-0.1, -0.05) is 20.8 Å². The van der Waals surface area contributed by atoms with Crippen LogP contribution in [0.3, 0.4) is 0 Å². The highest BCUT2D eigenvalue weighted by Crippen LogP contribution is 2.10. The third-order valence-corrected chi connectivity index (χ3v) is 4.77. The van der Waals surface area contributed by atoms with Crippen LogP contribution in [0.5, 0.6) is 0 Å². The van der Waals surface area contributed by atoms with Gasteiger partial charge in [0.25, 0.3) is 0 Å². The minimum absolute atomic E-state index is 0.168. The van der Waals surface area contributed by atoms with Gasteiger partial charge in [-0.3, -0.25) is 0 Å². The molecule has 0 spiro atoms. The zero-order valence-electron chi connectivity index (χ0n) is 11.9. The standard InChI is InChI=1S/C13H24N2O3S/c1-4-15(11-13-7-5-9-18-13)19(16,17)10-6-8-14-12(2)3/h5,7,9,12,14H,4,6,8,10-11H2,1-3H3. The average Bonchev–Trinajstić information content (AvgIpc) is 2.84. The van der Waals surface area contributed by atoms with Gasteiger partial charge in [0.1, 0.15) is 5.76 Å². The Morgan fingerprint density at radius 1 is 1.42 bits per heavy atom. The molecular formula is C13H24N2O3S. The first kappa shape index (κ1) is 16.2. The van der Waals surface area contributed by atoms with Gasteiger partial charge >= 0.3 is 0 Å². The summed E-state index contributed by atoms with van der Waals surface area (Å²) in [6.45, 7) is 7.42. The zero-order valence-corrected chi connectivity index (χ0v) is 12.7. The molecule has 1 rings (SSSR count). The Morgan fingerprint density at radius 2 is 2.16 bits per heavy atom. The number of hydrogen-bond donors (Lipinski definition) is 1. The highest BCUT2D eigenvalue weighted by Gasteiger charge is 2.21. The molecular weight excluding hydrogens is 264 g/mol. The molecule has 1 aromatic heterocycles. The third kappa shape index (κ3) is 5.76. The number of nitrogens with one attached hydrogen (secondary N) is 1. The largest absolute Gasteiger partial charge is 0.468 e. The second-order valence-corrected chi connectivity index (χ2v) is 6.87. The SMILES string of the molecule is CCN(Cc1ccco1)S(=O)(=O)CCCNC(C)C. The van der Waals surface area contributed by atoms with Crippen molar-refractivity contribution in [3.05, 3.63) is 24.2 Å². The lowest BCUT2D eigenvalue weighted by atomic mass is 10.4. The van der Waals surface area contributed by atoms with E-state index in [1.807, 2.05) is 20.8 Å². The van der Waals surface area contributed by atoms with Crippen LogP contribution in [0.1, 0.15) is 33.0 Å². The number of rotatable bonds is 9. The van der Waals surface area contributed by atoms with E-state index >= 15 is 0 Å². The van der Waals surface area contributed by atoms with Gasteiger partial charge in [-0.15, -0.1) is 0 Å². The molecule has 5 nitrogen and oxygen atoms in total. The van der Waals surface area contributed by atoms with E-state index in [4.69, 9.17) is 4.42 Å². The Balaban J connectivity index is 2.48. The molecule has 0 atom stereocenters. The van der Waals surface area contributed by atoms with Gasteiger partial charge in [0.2, 0.25) is 10.0 Å². The molecule has 0 aromatic carbocycles. The maximum atomic E-state index is 12.2. The fourth-order valence-corrected chi connectivity index (χ4v) is 3.24. The molecule has 0 fully saturated rings. The van der Waals surface area contributed by atoms with E-state index in [0.717, 1.165) is 6.54 Å². The summed E-state index contributed by atoms with van der Waals surface area (Å²) in [5.74, 6) is 0.840. The van der Waals surface area contributed by atoms with E-state index in [0.29, 0.717) is 31.3 Å². The summed E-state index contributed by atoms with van der Waals surface area (Å²) in [6, 6.07) is 3.94. The van der Waals surface area contributed by atoms with Crippen molar-refractivity contribution in [3.8, 4) is 0 Å². The fraction of sp³-hybridized carbons (Fsp3) is 0.692. The summed E-state index contributed by atoms with van der Waals surface area (Å²) in [5.41, 5.74) is 0. The molecule has 6 heteroatoms. The molecule has 0 amide bonds. The van der Waals surface area contributed by atoms with Crippen LogP contribution in [-0.4, -0.2) is 37.6 Å². The maximum Gasteiger partial charge on any atom is 0.214 e. The second kappa shape index (κ2) is 7.67. The van der Waals surface area contributed by atoms with E-state index in [1.165, 1.54) is 4.31 Å². The van der Waals surface area contributed by atoms with E-state index < -0.39 is 10.0 Å². The molecule has 0 saturated heterocycles. The zero-order chi connectivity index (χ0) is 14.3. The molecule has 0 unspecified atom stereocenters. The second-order valence-electron chi connectivity index (χ2n) is 4.78. The van der Waals surface area contributed by atoms with Crippen LogP contribution < -0.4 is 5.32 Å². The van der Waals surface area contributed by atoms with Crippen molar-refractivity contribution in [1.29, 1.82) is 0 Å². The average molecular weight is 288 g/mol. The molecule has 1 heterocycles. The van der Waals surface area contributed by atoms with Crippen molar-refractivity contribution >= 4 is 10.0 Å². The molecule has 19 heavy (non-hydrogen) atoms. The Morgan fingerprint density at radius 3 is 2.68 bits per heavy atom. The smallest absolute Gasteiger partial charge is 0.214 e. The fourth-order valence-electron chi connectivity index (χ4n) is 1.76.